The minimum absolute atomic E-state index is 0. The number of halogens is 1. The Hall–Kier alpha value is -2.92. The molecular weight excluding hydrogens is 719 g/mol. The second-order valence-corrected chi connectivity index (χ2v) is 16.5. The minimum Gasteiger partial charge on any atom is -0.480 e. The molecule has 2 saturated carbocycles. The third kappa shape index (κ3) is 10.9. The third-order valence-corrected chi connectivity index (χ3v) is 11.6. The highest BCUT2D eigenvalue weighted by Gasteiger charge is 2.63. The van der Waals surface area contributed by atoms with Crippen molar-refractivity contribution in [3.63, 3.8) is 0 Å². The van der Waals surface area contributed by atoms with Crippen LogP contribution >= 0.6 is 12.4 Å². The maximum absolute atomic E-state index is 13.8. The van der Waals surface area contributed by atoms with Crippen LogP contribution in [-0.4, -0.2) is 111 Å². The molecule has 2 heterocycles. The average Bonchev–Trinajstić information content (AvgIpc) is 3.82. The lowest BCUT2D eigenvalue weighted by Crippen LogP contribution is -2.67. The van der Waals surface area contributed by atoms with E-state index >= 15 is 0 Å². The number of hydrogen-bond acceptors (Lipinski definition) is 11. The van der Waals surface area contributed by atoms with E-state index in [1.54, 1.807) is 4.90 Å². The Balaban J connectivity index is 0.000000347. The predicted octanol–water partition coefficient (Wildman–Crippen LogP) is 1.23. The zero-order valence-electron chi connectivity index (χ0n) is 31.9. The molecule has 0 radical (unpaired) electrons. The number of nitrogens with one attached hydrogen (secondary N) is 3. The van der Waals surface area contributed by atoms with Gasteiger partial charge >= 0.3 is 26.3 Å². The van der Waals surface area contributed by atoms with E-state index in [4.69, 9.17) is 20.5 Å². The SMILES string of the molecule is CC(=O)NC1(C(=O)NC(C)(C)C)C(CCCB(O)O)C[C@H]2CN(C(=O)OCc3ccccc3)C[C@H]21.Cl.NC1(C(=O)O)C(CCCB(O)O)C[C@H]2CNC[C@H]21. The summed E-state index contributed by atoms with van der Waals surface area (Å²) in [4.78, 5) is 52.2. The summed E-state index contributed by atoms with van der Waals surface area (Å²) in [5.74, 6) is -1.67. The smallest absolute Gasteiger partial charge is 0.451 e. The summed E-state index contributed by atoms with van der Waals surface area (Å²) in [5, 5.41) is 55.0. The maximum atomic E-state index is 13.8. The largest absolute Gasteiger partial charge is 0.480 e. The van der Waals surface area contributed by atoms with Gasteiger partial charge in [-0.2, -0.15) is 0 Å². The van der Waals surface area contributed by atoms with Crippen molar-refractivity contribution >= 4 is 50.5 Å². The molecule has 4 fully saturated rings. The fraction of sp³-hybridized carbons (Fsp3) is 0.722. The molecule has 2 saturated heterocycles. The third-order valence-electron chi connectivity index (χ3n) is 11.6. The number of amides is 3. The summed E-state index contributed by atoms with van der Waals surface area (Å²) in [5.41, 5.74) is 4.21. The summed E-state index contributed by atoms with van der Waals surface area (Å²) in [6.45, 7) is 9.49. The Morgan fingerprint density at radius 3 is 2.07 bits per heavy atom. The van der Waals surface area contributed by atoms with Crippen LogP contribution < -0.4 is 21.7 Å². The van der Waals surface area contributed by atoms with Gasteiger partial charge in [-0.25, -0.2) is 4.79 Å². The highest BCUT2D eigenvalue weighted by atomic mass is 35.5. The summed E-state index contributed by atoms with van der Waals surface area (Å²) in [6.07, 6.45) is 3.82. The van der Waals surface area contributed by atoms with Crippen LogP contribution in [0.25, 0.3) is 0 Å². The Morgan fingerprint density at radius 1 is 0.926 bits per heavy atom. The van der Waals surface area contributed by atoms with E-state index in [2.05, 4.69) is 16.0 Å². The first-order chi connectivity index (χ1) is 24.9. The molecule has 0 bridgehead atoms. The molecule has 10 N–H and O–H groups in total. The van der Waals surface area contributed by atoms with Crippen molar-refractivity contribution in [1.29, 1.82) is 0 Å². The van der Waals surface area contributed by atoms with Crippen molar-refractivity contribution in [3.8, 4) is 0 Å². The van der Waals surface area contributed by atoms with Crippen LogP contribution in [0.2, 0.25) is 12.6 Å². The van der Waals surface area contributed by atoms with Crippen molar-refractivity contribution in [2.75, 3.05) is 26.2 Å². The molecule has 5 rings (SSSR count). The molecule has 4 aliphatic rings. The molecule has 18 heteroatoms. The fourth-order valence-electron chi connectivity index (χ4n) is 9.31. The molecule has 54 heavy (non-hydrogen) atoms. The number of fused-ring (bicyclic) bond motifs is 2. The van der Waals surface area contributed by atoms with Crippen molar-refractivity contribution in [2.24, 2.45) is 41.2 Å². The summed E-state index contributed by atoms with van der Waals surface area (Å²) < 4.78 is 5.53. The van der Waals surface area contributed by atoms with E-state index in [1.807, 2.05) is 51.1 Å². The molecule has 3 amide bonds. The van der Waals surface area contributed by atoms with Gasteiger partial charge in [0.2, 0.25) is 11.8 Å². The summed E-state index contributed by atoms with van der Waals surface area (Å²) in [7, 11) is -2.73. The van der Waals surface area contributed by atoms with Crippen molar-refractivity contribution in [1.82, 2.24) is 20.9 Å². The number of carbonyl (C=O) groups is 4. The summed E-state index contributed by atoms with van der Waals surface area (Å²) in [6, 6.07) is 9.44. The van der Waals surface area contributed by atoms with Crippen LogP contribution in [0.3, 0.4) is 0 Å². The maximum Gasteiger partial charge on any atom is 0.451 e. The zero-order valence-corrected chi connectivity index (χ0v) is 32.7. The number of ether oxygens (including phenoxy) is 1. The van der Waals surface area contributed by atoms with Crippen molar-refractivity contribution in [2.45, 2.75) is 102 Å². The van der Waals surface area contributed by atoms with Crippen molar-refractivity contribution < 1.29 is 49.1 Å². The lowest BCUT2D eigenvalue weighted by atomic mass is 9.74. The molecule has 1 aromatic carbocycles. The van der Waals surface area contributed by atoms with Crippen LogP contribution in [-0.2, 0) is 25.7 Å². The lowest BCUT2D eigenvalue weighted by Gasteiger charge is -2.41. The Labute approximate surface area is 325 Å². The Morgan fingerprint density at radius 2 is 1.52 bits per heavy atom. The Kier molecular flexibility index (Phi) is 16.2. The van der Waals surface area contributed by atoms with E-state index in [9.17, 15) is 34.3 Å². The van der Waals surface area contributed by atoms with Gasteiger partial charge in [-0.05, 0) is 94.9 Å². The fourth-order valence-corrected chi connectivity index (χ4v) is 9.31. The molecule has 2 aliphatic heterocycles. The number of carbonyl (C=O) groups excluding carboxylic acids is 3. The first-order valence-corrected chi connectivity index (χ1v) is 18.9. The highest BCUT2D eigenvalue weighted by Crippen LogP contribution is 2.51. The first kappa shape index (κ1) is 45.5. The van der Waals surface area contributed by atoms with Gasteiger partial charge in [-0.15, -0.1) is 12.4 Å². The van der Waals surface area contributed by atoms with Gasteiger partial charge in [0, 0.05) is 43.9 Å². The number of hydrogen-bond donors (Lipinski definition) is 9. The molecule has 0 aromatic heterocycles. The van der Waals surface area contributed by atoms with Crippen LogP contribution in [0, 0.1) is 35.5 Å². The standard InChI is InChI=1S/C25H38BN3O6.C11H21BN2O4.ClH/c1-17(30)27-25(22(31)28-24(2,3)4)20(11-8-12-26(33)34)13-19-14-29(15-21(19)25)23(32)35-16-18-9-6-5-7-10-18;13-11(10(15)16)8(2-1-3-12(17)18)4-7-5-14-6-9(7)11;/h5-7,9-10,19-21,33-34H,8,11-16H2,1-4H3,(H,27,30)(H,28,31);7-9,14,17-18H,1-6,13H2,(H,15,16);1H/t19-,20?,21+,25?;7-,8?,9+,11?;/m00./s1. The normalized spacial score (nSPS) is 29.5. The molecule has 302 valence electrons. The zero-order chi connectivity index (χ0) is 39.1. The number of carboxylic acids is 1. The molecule has 2 aliphatic carbocycles. The molecule has 0 spiro atoms. The molecule has 15 nitrogen and oxygen atoms in total. The van der Waals surface area contributed by atoms with Gasteiger partial charge in [0.25, 0.3) is 0 Å². The van der Waals surface area contributed by atoms with Gasteiger partial charge in [0.05, 0.1) is 0 Å². The molecule has 1 aromatic rings. The first-order valence-electron chi connectivity index (χ1n) is 18.9. The molecule has 4 unspecified atom stereocenters. The number of nitrogens with two attached hydrogens (primary N) is 1. The van der Waals surface area contributed by atoms with Gasteiger partial charge in [0.15, 0.2) is 0 Å². The molecular formula is C36H60B2ClN5O10. The lowest BCUT2D eigenvalue weighted by molar-refractivity contribution is -0.146. The van der Waals surface area contributed by atoms with Gasteiger partial charge in [-0.3, -0.25) is 14.4 Å². The topological polar surface area (TPSA) is 244 Å². The highest BCUT2D eigenvalue weighted by molar-refractivity contribution is 6.41. The van der Waals surface area contributed by atoms with E-state index in [0.717, 1.165) is 18.5 Å². The van der Waals surface area contributed by atoms with Gasteiger partial charge in [0.1, 0.15) is 17.7 Å². The second-order valence-electron chi connectivity index (χ2n) is 16.5. The Bertz CT molecular complexity index is 1430. The van der Waals surface area contributed by atoms with Gasteiger partial charge in [-0.1, -0.05) is 43.2 Å². The quantitative estimate of drug-likeness (QED) is 0.129. The van der Waals surface area contributed by atoms with Crippen LogP contribution in [0.4, 0.5) is 4.79 Å². The van der Waals surface area contributed by atoms with Crippen molar-refractivity contribution in [3.05, 3.63) is 35.9 Å². The van der Waals surface area contributed by atoms with E-state index in [-0.39, 0.29) is 73.1 Å². The average molecular weight is 780 g/mol. The number of aliphatic carboxylic acids is 1. The number of likely N-dealkylation sites (tertiary alicyclic amines) is 1. The van der Waals surface area contributed by atoms with Gasteiger partial charge < -0.3 is 56.5 Å². The van der Waals surface area contributed by atoms with Crippen LogP contribution in [0.5, 0.6) is 0 Å². The second kappa shape index (κ2) is 19.3. The summed E-state index contributed by atoms with van der Waals surface area (Å²) >= 11 is 0. The van der Waals surface area contributed by atoms with E-state index in [1.165, 1.54) is 6.92 Å². The number of benzene rings is 1. The van der Waals surface area contributed by atoms with E-state index < -0.39 is 42.9 Å². The van der Waals surface area contributed by atoms with Crippen LogP contribution in [0.15, 0.2) is 30.3 Å². The predicted molar refractivity (Wildman–Crippen MR) is 206 cm³/mol. The minimum atomic E-state index is -1.41. The van der Waals surface area contributed by atoms with E-state index in [0.29, 0.717) is 57.7 Å². The number of carboxylic acid groups (broad SMARTS) is 1. The molecule has 8 atom stereocenters. The van der Waals surface area contributed by atoms with Crippen LogP contribution in [0.1, 0.15) is 71.8 Å². The number of rotatable bonds is 13. The number of nitrogens with zero attached hydrogens (tertiary/aromatic N) is 1. The monoisotopic (exact) mass is 779 g/mol.